The topological polar surface area (TPSA) is 73.3 Å². The summed E-state index contributed by atoms with van der Waals surface area (Å²) in [6.07, 6.45) is 5.84. The first-order valence-corrected chi connectivity index (χ1v) is 7.53. The smallest absolute Gasteiger partial charge is 0.229 e. The van der Waals surface area contributed by atoms with Crippen LogP contribution in [0.25, 0.3) is 0 Å². The number of nitrogens with one attached hydrogen (secondary N) is 1. The molecule has 2 aliphatic rings. The molecule has 21 heavy (non-hydrogen) atoms. The first-order valence-electron chi connectivity index (χ1n) is 7.53. The van der Waals surface area contributed by atoms with Crippen LogP contribution in [0.15, 0.2) is 12.3 Å². The minimum Gasteiger partial charge on any atom is -0.348 e. The minimum atomic E-state index is -0.355. The number of amides is 1. The molecule has 1 saturated heterocycles. The van der Waals surface area contributed by atoms with Gasteiger partial charge in [-0.15, -0.1) is 0 Å². The molecule has 1 amide bonds. The van der Waals surface area contributed by atoms with E-state index in [9.17, 15) is 4.79 Å². The lowest BCUT2D eigenvalue weighted by Crippen LogP contribution is -2.36. The number of carbonyl (C=O) groups excluding carboxylic acids is 1. The number of hydrogen-bond acceptors (Lipinski definition) is 5. The van der Waals surface area contributed by atoms with Crippen molar-refractivity contribution < 1.29 is 14.3 Å². The Hall–Kier alpha value is -1.53. The molecule has 1 aromatic heterocycles. The van der Waals surface area contributed by atoms with Crippen molar-refractivity contribution >= 4 is 11.9 Å². The van der Waals surface area contributed by atoms with Crippen molar-refractivity contribution in [3.05, 3.63) is 18.0 Å². The highest BCUT2D eigenvalue weighted by Crippen LogP contribution is 2.39. The van der Waals surface area contributed by atoms with E-state index in [-0.39, 0.29) is 11.7 Å². The largest absolute Gasteiger partial charge is 0.348 e. The first kappa shape index (κ1) is 14.4. The van der Waals surface area contributed by atoms with Gasteiger partial charge in [0, 0.05) is 31.2 Å². The number of anilines is 1. The molecule has 0 unspecified atom stereocenters. The number of rotatable bonds is 3. The summed E-state index contributed by atoms with van der Waals surface area (Å²) in [5.74, 6) is 0.393. The fourth-order valence-corrected chi connectivity index (χ4v) is 3.05. The summed E-state index contributed by atoms with van der Waals surface area (Å²) in [5.41, 5.74) is 0.843. The summed E-state index contributed by atoms with van der Waals surface area (Å²) in [7, 11) is 0. The lowest BCUT2D eigenvalue weighted by atomic mass is 9.83. The molecule has 0 bridgehead atoms. The monoisotopic (exact) mass is 291 g/mol. The van der Waals surface area contributed by atoms with E-state index >= 15 is 0 Å². The van der Waals surface area contributed by atoms with E-state index in [4.69, 9.17) is 9.47 Å². The maximum Gasteiger partial charge on any atom is 0.229 e. The van der Waals surface area contributed by atoms with Crippen molar-refractivity contribution in [3.8, 4) is 0 Å². The maximum absolute atomic E-state index is 12.1. The third-order valence-electron chi connectivity index (χ3n) is 4.20. The van der Waals surface area contributed by atoms with E-state index in [2.05, 4.69) is 15.3 Å². The average Bonchev–Trinajstić information content (AvgIpc) is 2.90. The summed E-state index contributed by atoms with van der Waals surface area (Å²) in [6.45, 7) is 3.26. The standard InChI is InChI=1S/C15H21N3O3/c1-11-4-7-16-14(17-11)18-13(19)10-12-2-5-15(6-3-12)20-8-9-21-15/h4,7,12H,2-3,5-6,8-10H2,1H3,(H,16,17,18,19). The molecule has 1 aliphatic carbocycles. The fourth-order valence-electron chi connectivity index (χ4n) is 3.05. The summed E-state index contributed by atoms with van der Waals surface area (Å²) >= 11 is 0. The SMILES string of the molecule is Cc1ccnc(NC(=O)CC2CCC3(CC2)OCCO3)n1. The molecule has 6 nitrogen and oxygen atoms in total. The van der Waals surface area contributed by atoms with Gasteiger partial charge in [0.15, 0.2) is 5.79 Å². The normalized spacial score (nSPS) is 21.6. The van der Waals surface area contributed by atoms with Gasteiger partial charge in [-0.25, -0.2) is 9.97 Å². The number of aryl methyl sites for hydroxylation is 1. The van der Waals surface area contributed by atoms with E-state index in [1.807, 2.05) is 6.92 Å². The highest BCUT2D eigenvalue weighted by Gasteiger charge is 2.40. The zero-order valence-corrected chi connectivity index (χ0v) is 12.3. The molecule has 1 aliphatic heterocycles. The molecular weight excluding hydrogens is 270 g/mol. The van der Waals surface area contributed by atoms with Gasteiger partial charge in [-0.2, -0.15) is 0 Å². The van der Waals surface area contributed by atoms with Crippen LogP contribution in [0.3, 0.4) is 0 Å². The number of nitrogens with zero attached hydrogens (tertiary/aromatic N) is 2. The van der Waals surface area contributed by atoms with Crippen LogP contribution in [0.2, 0.25) is 0 Å². The Morgan fingerprint density at radius 2 is 2.10 bits per heavy atom. The molecule has 0 aromatic carbocycles. The zero-order chi connectivity index (χ0) is 14.7. The Morgan fingerprint density at radius 1 is 1.38 bits per heavy atom. The molecule has 1 saturated carbocycles. The van der Waals surface area contributed by atoms with Crippen molar-refractivity contribution in [1.29, 1.82) is 0 Å². The van der Waals surface area contributed by atoms with Gasteiger partial charge < -0.3 is 9.47 Å². The van der Waals surface area contributed by atoms with Crippen LogP contribution in [0.5, 0.6) is 0 Å². The molecule has 3 rings (SSSR count). The summed E-state index contributed by atoms with van der Waals surface area (Å²) in [6, 6.07) is 1.80. The van der Waals surface area contributed by atoms with E-state index < -0.39 is 0 Å². The Balaban J connectivity index is 1.47. The van der Waals surface area contributed by atoms with Crippen LogP contribution in [0, 0.1) is 12.8 Å². The van der Waals surface area contributed by atoms with Gasteiger partial charge in [0.05, 0.1) is 13.2 Å². The van der Waals surface area contributed by atoms with Gasteiger partial charge in [-0.3, -0.25) is 10.1 Å². The third-order valence-corrected chi connectivity index (χ3v) is 4.20. The van der Waals surface area contributed by atoms with Crippen molar-refractivity contribution in [1.82, 2.24) is 9.97 Å². The van der Waals surface area contributed by atoms with E-state index in [0.29, 0.717) is 31.5 Å². The molecule has 1 spiro atoms. The Morgan fingerprint density at radius 3 is 2.76 bits per heavy atom. The molecule has 0 radical (unpaired) electrons. The van der Waals surface area contributed by atoms with Crippen molar-refractivity contribution in [2.24, 2.45) is 5.92 Å². The predicted molar refractivity (Wildman–Crippen MR) is 76.6 cm³/mol. The second-order valence-corrected chi connectivity index (χ2v) is 5.82. The Labute approximate surface area is 124 Å². The lowest BCUT2D eigenvalue weighted by molar-refractivity contribution is -0.183. The highest BCUT2D eigenvalue weighted by molar-refractivity contribution is 5.89. The molecule has 6 heteroatoms. The number of hydrogen-bond donors (Lipinski definition) is 1. The van der Waals surface area contributed by atoms with Crippen molar-refractivity contribution in [3.63, 3.8) is 0 Å². The summed E-state index contributed by atoms with van der Waals surface area (Å²) in [4.78, 5) is 20.3. The molecule has 1 aromatic rings. The van der Waals surface area contributed by atoms with Crippen molar-refractivity contribution in [2.75, 3.05) is 18.5 Å². The first-order chi connectivity index (χ1) is 10.2. The van der Waals surface area contributed by atoms with Gasteiger partial charge in [-0.1, -0.05) is 0 Å². The predicted octanol–water partition coefficient (Wildman–Crippen LogP) is 2.05. The van der Waals surface area contributed by atoms with E-state index in [0.717, 1.165) is 31.4 Å². The molecule has 114 valence electrons. The summed E-state index contributed by atoms with van der Waals surface area (Å²) in [5, 5.41) is 2.77. The fraction of sp³-hybridized carbons (Fsp3) is 0.667. The zero-order valence-electron chi connectivity index (χ0n) is 12.3. The molecular formula is C15H21N3O3. The van der Waals surface area contributed by atoms with Crippen molar-refractivity contribution in [2.45, 2.75) is 44.8 Å². The van der Waals surface area contributed by atoms with Gasteiger partial charge in [-0.05, 0) is 31.7 Å². The molecule has 2 heterocycles. The van der Waals surface area contributed by atoms with Gasteiger partial charge in [0.1, 0.15) is 0 Å². The number of carbonyl (C=O) groups is 1. The lowest BCUT2D eigenvalue weighted by Gasteiger charge is -2.35. The molecule has 0 atom stereocenters. The Bertz CT molecular complexity index is 505. The third kappa shape index (κ3) is 3.57. The summed E-state index contributed by atoms with van der Waals surface area (Å²) < 4.78 is 11.4. The van der Waals surface area contributed by atoms with Crippen LogP contribution in [0.1, 0.15) is 37.8 Å². The van der Waals surface area contributed by atoms with Crippen LogP contribution in [-0.2, 0) is 14.3 Å². The van der Waals surface area contributed by atoms with Crippen LogP contribution < -0.4 is 5.32 Å². The van der Waals surface area contributed by atoms with Gasteiger partial charge in [0.2, 0.25) is 11.9 Å². The maximum atomic E-state index is 12.1. The van der Waals surface area contributed by atoms with Gasteiger partial charge >= 0.3 is 0 Å². The quantitative estimate of drug-likeness (QED) is 0.922. The van der Waals surface area contributed by atoms with E-state index in [1.165, 1.54) is 0 Å². The highest BCUT2D eigenvalue weighted by atomic mass is 16.7. The average molecular weight is 291 g/mol. The second kappa shape index (κ2) is 6.07. The van der Waals surface area contributed by atoms with Crippen LogP contribution >= 0.6 is 0 Å². The van der Waals surface area contributed by atoms with Gasteiger partial charge in [0.25, 0.3) is 0 Å². The second-order valence-electron chi connectivity index (χ2n) is 5.82. The molecule has 1 N–H and O–H groups in total. The molecule has 2 fully saturated rings. The minimum absolute atomic E-state index is 0.0187. The van der Waals surface area contributed by atoms with E-state index in [1.54, 1.807) is 12.3 Å². The number of aromatic nitrogens is 2. The van der Waals surface area contributed by atoms with Crippen LogP contribution in [0.4, 0.5) is 5.95 Å². The number of ether oxygens (including phenoxy) is 2. The Kier molecular flexibility index (Phi) is 4.17. The van der Waals surface area contributed by atoms with Crippen LogP contribution in [-0.4, -0.2) is 34.9 Å².